The molecule has 0 spiro atoms. The maximum absolute atomic E-state index is 12.6. The highest BCUT2D eigenvalue weighted by atomic mass is 32.2. The monoisotopic (exact) mass is 373 g/mol. The van der Waals surface area contributed by atoms with Crippen LogP contribution in [0.3, 0.4) is 0 Å². The topological polar surface area (TPSA) is 47.4 Å². The fourth-order valence-electron chi connectivity index (χ4n) is 3.37. The summed E-state index contributed by atoms with van der Waals surface area (Å²) in [5.41, 5.74) is 2.40. The number of hydrogen-bond donors (Lipinski definition) is 0. The van der Waals surface area contributed by atoms with Crippen molar-refractivity contribution in [2.24, 2.45) is 0 Å². The highest BCUT2D eigenvalue weighted by Gasteiger charge is 2.26. The number of ether oxygens (including phenoxy) is 1. The van der Waals surface area contributed by atoms with Crippen LogP contribution in [0.1, 0.15) is 39.2 Å². The molecule has 6 heteroatoms. The van der Waals surface area contributed by atoms with E-state index in [4.69, 9.17) is 4.74 Å². The van der Waals surface area contributed by atoms with E-state index in [0.717, 1.165) is 10.8 Å². The molecule has 5 nitrogen and oxygen atoms in total. The van der Waals surface area contributed by atoms with Crippen molar-refractivity contribution in [1.29, 1.82) is 0 Å². The van der Waals surface area contributed by atoms with Crippen molar-refractivity contribution in [2.45, 2.75) is 51.0 Å². The molecule has 0 radical (unpaired) electrons. The number of morpholine rings is 1. The first-order valence-corrected chi connectivity index (χ1v) is 10.1. The van der Waals surface area contributed by atoms with Crippen LogP contribution < -0.4 is 0 Å². The van der Waals surface area contributed by atoms with Gasteiger partial charge >= 0.3 is 0 Å². The third-order valence-corrected chi connectivity index (χ3v) is 5.47. The first-order chi connectivity index (χ1) is 12.5. The zero-order chi connectivity index (χ0) is 18.7. The van der Waals surface area contributed by atoms with Gasteiger partial charge in [0.05, 0.1) is 23.6 Å². The Kier molecular flexibility index (Phi) is 6.04. The van der Waals surface area contributed by atoms with Gasteiger partial charge in [0.25, 0.3) is 0 Å². The first-order valence-electron chi connectivity index (χ1n) is 9.14. The Morgan fingerprint density at radius 2 is 1.96 bits per heavy atom. The second kappa shape index (κ2) is 8.27. The molecule has 3 rings (SSSR count). The maximum atomic E-state index is 12.6. The summed E-state index contributed by atoms with van der Waals surface area (Å²) >= 11 is 1.49. The summed E-state index contributed by atoms with van der Waals surface area (Å²) in [6.07, 6.45) is 3.94. The minimum Gasteiger partial charge on any atom is -0.372 e. The largest absolute Gasteiger partial charge is 0.372 e. The lowest BCUT2D eigenvalue weighted by atomic mass is 10.0. The van der Waals surface area contributed by atoms with Gasteiger partial charge in [0.15, 0.2) is 5.16 Å². The van der Waals surface area contributed by atoms with Crippen LogP contribution in [-0.4, -0.2) is 51.4 Å². The van der Waals surface area contributed by atoms with Crippen molar-refractivity contribution < 1.29 is 9.53 Å². The Morgan fingerprint density at radius 3 is 2.65 bits per heavy atom. The SMILES string of the molecule is CC1CN(C(=O)CSc2nccn2-c2ccccc2C(C)C)CC(C)O1. The molecule has 2 atom stereocenters. The molecule has 1 aliphatic rings. The van der Waals surface area contributed by atoms with Gasteiger partial charge < -0.3 is 9.64 Å². The number of nitrogens with zero attached hydrogens (tertiary/aromatic N) is 3. The summed E-state index contributed by atoms with van der Waals surface area (Å²) in [6.45, 7) is 9.72. The quantitative estimate of drug-likeness (QED) is 0.750. The van der Waals surface area contributed by atoms with Crippen molar-refractivity contribution in [3.05, 3.63) is 42.2 Å². The summed E-state index contributed by atoms with van der Waals surface area (Å²) in [4.78, 5) is 19.0. The summed E-state index contributed by atoms with van der Waals surface area (Å²) < 4.78 is 7.79. The van der Waals surface area contributed by atoms with Crippen LogP contribution in [0.5, 0.6) is 0 Å². The summed E-state index contributed by atoms with van der Waals surface area (Å²) in [6, 6.07) is 8.36. The van der Waals surface area contributed by atoms with E-state index >= 15 is 0 Å². The minimum absolute atomic E-state index is 0.0904. The molecular formula is C20H27N3O2S. The molecule has 1 aliphatic heterocycles. The maximum Gasteiger partial charge on any atom is 0.233 e. The molecule has 1 aromatic heterocycles. The van der Waals surface area contributed by atoms with Gasteiger partial charge in [-0.3, -0.25) is 9.36 Å². The average molecular weight is 374 g/mol. The molecule has 140 valence electrons. The van der Waals surface area contributed by atoms with Crippen molar-refractivity contribution in [3.8, 4) is 5.69 Å². The lowest BCUT2D eigenvalue weighted by Crippen LogP contribution is -2.48. The predicted octanol–water partition coefficient (Wildman–Crippen LogP) is 3.72. The third-order valence-electron chi connectivity index (χ3n) is 4.52. The Hall–Kier alpha value is -1.79. The molecule has 1 aromatic carbocycles. The van der Waals surface area contributed by atoms with E-state index < -0.39 is 0 Å². The van der Waals surface area contributed by atoms with Gasteiger partial charge in [0.1, 0.15) is 0 Å². The van der Waals surface area contributed by atoms with E-state index in [0.29, 0.717) is 24.8 Å². The van der Waals surface area contributed by atoms with E-state index in [-0.39, 0.29) is 18.1 Å². The number of hydrogen-bond acceptors (Lipinski definition) is 4. The minimum atomic E-state index is 0.0904. The Labute approximate surface area is 159 Å². The number of thioether (sulfide) groups is 1. The zero-order valence-corrected chi connectivity index (χ0v) is 16.7. The van der Waals surface area contributed by atoms with E-state index in [1.807, 2.05) is 31.0 Å². The number of para-hydroxylation sites is 1. The van der Waals surface area contributed by atoms with Crippen LogP contribution in [0.4, 0.5) is 0 Å². The molecule has 1 saturated heterocycles. The molecule has 2 aromatic rings. The van der Waals surface area contributed by atoms with Crippen LogP contribution in [0.15, 0.2) is 41.8 Å². The van der Waals surface area contributed by atoms with Gasteiger partial charge in [-0.05, 0) is 31.4 Å². The van der Waals surface area contributed by atoms with Gasteiger partial charge in [-0.15, -0.1) is 0 Å². The van der Waals surface area contributed by atoms with E-state index in [2.05, 4.69) is 41.6 Å². The Morgan fingerprint density at radius 1 is 1.27 bits per heavy atom. The molecular weight excluding hydrogens is 346 g/mol. The number of imidazole rings is 1. The summed E-state index contributed by atoms with van der Waals surface area (Å²) in [5, 5.41) is 0.848. The molecule has 0 bridgehead atoms. The van der Waals surface area contributed by atoms with Gasteiger partial charge in [0, 0.05) is 25.5 Å². The first kappa shape index (κ1) is 19.0. The van der Waals surface area contributed by atoms with Gasteiger partial charge in [-0.25, -0.2) is 4.98 Å². The van der Waals surface area contributed by atoms with Crippen molar-refractivity contribution in [3.63, 3.8) is 0 Å². The number of amides is 1. The standard InChI is InChI=1S/C20H27N3O2S/c1-14(2)17-7-5-6-8-18(17)23-10-9-21-20(23)26-13-19(24)22-11-15(3)25-16(4)12-22/h5-10,14-16H,11-13H2,1-4H3. The molecule has 1 fully saturated rings. The van der Waals surface area contributed by atoms with Crippen molar-refractivity contribution in [1.82, 2.24) is 14.5 Å². The van der Waals surface area contributed by atoms with Crippen LogP contribution in [0.2, 0.25) is 0 Å². The van der Waals surface area contributed by atoms with Gasteiger partial charge in [-0.1, -0.05) is 43.8 Å². The normalized spacial score (nSPS) is 20.6. The summed E-state index contributed by atoms with van der Waals surface area (Å²) in [7, 11) is 0. The second-order valence-corrected chi connectivity index (χ2v) is 8.08. The predicted molar refractivity (Wildman–Crippen MR) is 105 cm³/mol. The molecule has 0 N–H and O–H groups in total. The van der Waals surface area contributed by atoms with Crippen LogP contribution in [0, 0.1) is 0 Å². The van der Waals surface area contributed by atoms with Crippen LogP contribution in [0.25, 0.3) is 5.69 Å². The number of carbonyl (C=O) groups is 1. The third kappa shape index (κ3) is 4.30. The van der Waals surface area contributed by atoms with Crippen molar-refractivity contribution >= 4 is 17.7 Å². The van der Waals surface area contributed by atoms with Crippen LogP contribution in [-0.2, 0) is 9.53 Å². The zero-order valence-electron chi connectivity index (χ0n) is 15.9. The second-order valence-electron chi connectivity index (χ2n) is 7.14. The number of benzene rings is 1. The molecule has 0 aliphatic carbocycles. The van der Waals surface area contributed by atoms with E-state index in [1.54, 1.807) is 6.20 Å². The van der Waals surface area contributed by atoms with E-state index in [1.165, 1.54) is 17.3 Å². The molecule has 2 unspecified atom stereocenters. The highest BCUT2D eigenvalue weighted by Crippen LogP contribution is 2.27. The van der Waals surface area contributed by atoms with E-state index in [9.17, 15) is 4.79 Å². The van der Waals surface area contributed by atoms with Crippen LogP contribution >= 0.6 is 11.8 Å². The average Bonchev–Trinajstić information content (AvgIpc) is 3.07. The molecule has 0 saturated carbocycles. The van der Waals surface area contributed by atoms with Crippen molar-refractivity contribution in [2.75, 3.05) is 18.8 Å². The van der Waals surface area contributed by atoms with Gasteiger partial charge in [0.2, 0.25) is 5.91 Å². The summed E-state index contributed by atoms with van der Waals surface area (Å²) in [5.74, 6) is 0.952. The fourth-order valence-corrected chi connectivity index (χ4v) is 4.24. The lowest BCUT2D eigenvalue weighted by Gasteiger charge is -2.35. The van der Waals surface area contributed by atoms with Gasteiger partial charge in [-0.2, -0.15) is 0 Å². The number of rotatable bonds is 5. The Balaban J connectivity index is 1.71. The molecule has 1 amide bonds. The highest BCUT2D eigenvalue weighted by molar-refractivity contribution is 7.99. The number of carbonyl (C=O) groups excluding carboxylic acids is 1. The Bertz CT molecular complexity index is 749. The fraction of sp³-hybridized carbons (Fsp3) is 0.500. The smallest absolute Gasteiger partial charge is 0.233 e. The molecule has 2 heterocycles. The lowest BCUT2D eigenvalue weighted by molar-refractivity contribution is -0.140. The molecule has 26 heavy (non-hydrogen) atoms. The number of aromatic nitrogens is 2.